The summed E-state index contributed by atoms with van der Waals surface area (Å²) in [5.74, 6) is -0.167. The van der Waals surface area contributed by atoms with Crippen molar-refractivity contribution in [3.63, 3.8) is 0 Å². The van der Waals surface area contributed by atoms with E-state index >= 15 is 0 Å². The Kier molecular flexibility index (Phi) is 4.94. The predicted molar refractivity (Wildman–Crippen MR) is 56.0 cm³/mol. The first-order valence-corrected chi connectivity index (χ1v) is 6.67. The van der Waals surface area contributed by atoms with Gasteiger partial charge in [-0.3, -0.25) is 4.90 Å². The van der Waals surface area contributed by atoms with Crippen molar-refractivity contribution >= 4 is 10.1 Å². The van der Waals surface area contributed by atoms with Crippen molar-refractivity contribution in [2.24, 2.45) is 0 Å². The van der Waals surface area contributed by atoms with Gasteiger partial charge in [-0.1, -0.05) is 6.92 Å². The van der Waals surface area contributed by atoms with Crippen LogP contribution in [0.3, 0.4) is 0 Å². The topological polar surface area (TPSA) is 78.9 Å². The molecule has 0 bridgehead atoms. The largest absolute Gasteiger partial charge is 0.314 e. The maximum atomic E-state index is 10.9. The lowest BCUT2D eigenvalue weighted by Crippen LogP contribution is -2.52. The van der Waals surface area contributed by atoms with E-state index in [1.54, 1.807) is 0 Å². The lowest BCUT2D eigenvalue weighted by molar-refractivity contribution is -0.130. The molecule has 1 aliphatic rings. The first kappa shape index (κ1) is 12.9. The van der Waals surface area contributed by atoms with Gasteiger partial charge >= 0.3 is 0 Å². The number of rotatable bonds is 5. The highest BCUT2D eigenvalue weighted by Gasteiger charge is 2.22. The Morgan fingerprint density at radius 3 is 2.93 bits per heavy atom. The van der Waals surface area contributed by atoms with Crippen molar-refractivity contribution in [3.8, 4) is 0 Å². The molecule has 1 rings (SSSR count). The van der Waals surface area contributed by atoms with Gasteiger partial charge in [0.2, 0.25) is 0 Å². The van der Waals surface area contributed by atoms with Crippen molar-refractivity contribution in [1.82, 2.24) is 10.2 Å². The maximum absolute atomic E-state index is 10.9. The lowest BCUT2D eigenvalue weighted by Gasteiger charge is -2.35. The molecule has 7 heteroatoms. The fourth-order valence-electron chi connectivity index (χ4n) is 1.77. The average molecular weight is 238 g/mol. The molecule has 2 N–H and O–H groups in total. The summed E-state index contributed by atoms with van der Waals surface area (Å²) in [7, 11) is -3.76. The highest BCUT2D eigenvalue weighted by Crippen LogP contribution is 2.07. The Labute approximate surface area is 90.3 Å². The van der Waals surface area contributed by atoms with Gasteiger partial charge in [-0.2, -0.15) is 8.42 Å². The molecular weight excluding hydrogens is 220 g/mol. The summed E-state index contributed by atoms with van der Waals surface area (Å²) in [5, 5.41) is 11.4. The smallest absolute Gasteiger partial charge is 0.294 e. The molecule has 15 heavy (non-hydrogen) atoms. The van der Waals surface area contributed by atoms with Crippen LogP contribution >= 0.6 is 0 Å². The molecule has 0 aromatic rings. The summed E-state index contributed by atoms with van der Waals surface area (Å²) >= 11 is 0. The molecule has 1 heterocycles. The summed E-state index contributed by atoms with van der Waals surface area (Å²) in [6.07, 6.45) is 0.979. The van der Waals surface area contributed by atoms with E-state index in [2.05, 4.69) is 21.5 Å². The van der Waals surface area contributed by atoms with E-state index in [0.717, 1.165) is 26.1 Å². The van der Waals surface area contributed by atoms with Crippen molar-refractivity contribution < 1.29 is 18.0 Å². The Morgan fingerprint density at radius 2 is 2.33 bits per heavy atom. The van der Waals surface area contributed by atoms with Gasteiger partial charge in [0.15, 0.2) is 0 Å². The van der Waals surface area contributed by atoms with E-state index in [1.807, 2.05) is 0 Å². The van der Waals surface area contributed by atoms with E-state index in [4.69, 9.17) is 5.26 Å². The number of nitrogens with one attached hydrogen (secondary N) is 1. The molecule has 6 nitrogen and oxygen atoms in total. The Bertz CT molecular complexity index is 280. The summed E-state index contributed by atoms with van der Waals surface area (Å²) in [5.41, 5.74) is 0. The molecular formula is C8H18N2O4S. The second-order valence-electron chi connectivity index (χ2n) is 3.64. The standard InChI is InChI=1S/C8H18N2O4S/c1-2-8-7-9-3-4-10(8)5-6-15(12,13)14-11/h8-9,11H,2-7H2,1H3. The van der Waals surface area contributed by atoms with Crippen LogP contribution in [-0.2, 0) is 14.5 Å². The van der Waals surface area contributed by atoms with Gasteiger partial charge in [0.05, 0.1) is 5.75 Å². The molecule has 1 atom stereocenters. The minimum absolute atomic E-state index is 0.167. The molecule has 0 saturated carbocycles. The zero-order valence-corrected chi connectivity index (χ0v) is 9.66. The van der Waals surface area contributed by atoms with Crippen molar-refractivity contribution in [2.75, 3.05) is 31.9 Å². The van der Waals surface area contributed by atoms with E-state index in [9.17, 15) is 8.42 Å². The predicted octanol–water partition coefficient (Wildman–Crippen LogP) is -0.510. The summed E-state index contributed by atoms with van der Waals surface area (Å²) < 4.78 is 25.3. The monoisotopic (exact) mass is 238 g/mol. The van der Waals surface area contributed by atoms with Gasteiger partial charge in [0, 0.05) is 32.2 Å². The Hall–Kier alpha value is -0.210. The molecule has 1 fully saturated rings. The fourth-order valence-corrected chi connectivity index (χ4v) is 2.30. The van der Waals surface area contributed by atoms with Crippen LogP contribution in [0.15, 0.2) is 0 Å². The Balaban J connectivity index is 2.42. The van der Waals surface area contributed by atoms with E-state index < -0.39 is 10.1 Å². The van der Waals surface area contributed by atoms with Crippen LogP contribution in [0.25, 0.3) is 0 Å². The highest BCUT2D eigenvalue weighted by atomic mass is 32.2. The van der Waals surface area contributed by atoms with Crippen LogP contribution < -0.4 is 5.32 Å². The van der Waals surface area contributed by atoms with Crippen LogP contribution in [0.5, 0.6) is 0 Å². The molecule has 0 aromatic heterocycles. The minimum Gasteiger partial charge on any atom is -0.314 e. The molecule has 1 unspecified atom stereocenters. The van der Waals surface area contributed by atoms with Crippen LogP contribution in [0.4, 0.5) is 0 Å². The third kappa shape index (κ3) is 4.04. The molecule has 1 saturated heterocycles. The molecule has 1 aliphatic heterocycles. The second-order valence-corrected chi connectivity index (χ2v) is 5.31. The Morgan fingerprint density at radius 1 is 1.60 bits per heavy atom. The molecule has 0 spiro atoms. The third-order valence-corrected chi connectivity index (χ3v) is 3.60. The normalized spacial score (nSPS) is 24.3. The molecule has 0 aliphatic carbocycles. The first-order valence-electron chi connectivity index (χ1n) is 5.09. The van der Waals surface area contributed by atoms with Crippen molar-refractivity contribution in [1.29, 1.82) is 0 Å². The third-order valence-electron chi connectivity index (χ3n) is 2.69. The highest BCUT2D eigenvalue weighted by molar-refractivity contribution is 7.86. The van der Waals surface area contributed by atoms with Crippen molar-refractivity contribution in [2.45, 2.75) is 19.4 Å². The fraction of sp³-hybridized carbons (Fsp3) is 1.00. The maximum Gasteiger partial charge on any atom is 0.294 e. The summed E-state index contributed by atoms with van der Waals surface area (Å²) in [6, 6.07) is 0.368. The van der Waals surface area contributed by atoms with Gasteiger partial charge in [-0.05, 0) is 6.42 Å². The lowest BCUT2D eigenvalue weighted by atomic mass is 10.1. The molecule has 0 amide bonds. The van der Waals surface area contributed by atoms with Crippen LogP contribution in [0.1, 0.15) is 13.3 Å². The van der Waals surface area contributed by atoms with E-state index in [1.165, 1.54) is 0 Å². The van der Waals surface area contributed by atoms with E-state index in [-0.39, 0.29) is 5.75 Å². The first-order chi connectivity index (χ1) is 7.09. The molecule has 0 radical (unpaired) electrons. The molecule has 0 aromatic carbocycles. The number of nitrogens with zero attached hydrogens (tertiary/aromatic N) is 1. The molecule has 90 valence electrons. The quantitative estimate of drug-likeness (QED) is 0.496. The van der Waals surface area contributed by atoms with Crippen LogP contribution in [0.2, 0.25) is 0 Å². The number of hydrogen-bond donors (Lipinski definition) is 2. The number of piperazine rings is 1. The zero-order chi connectivity index (χ0) is 11.3. The van der Waals surface area contributed by atoms with Gasteiger partial charge < -0.3 is 5.32 Å². The zero-order valence-electron chi connectivity index (χ0n) is 8.85. The second kappa shape index (κ2) is 5.76. The SMILES string of the molecule is CCC1CNCCN1CCS(=O)(=O)OO. The summed E-state index contributed by atoms with van der Waals surface area (Å²) in [6.45, 7) is 5.07. The van der Waals surface area contributed by atoms with Gasteiger partial charge in [-0.15, -0.1) is 4.33 Å². The van der Waals surface area contributed by atoms with Gasteiger partial charge in [-0.25, -0.2) is 5.26 Å². The minimum atomic E-state index is -3.76. The number of hydrogen-bond acceptors (Lipinski definition) is 6. The van der Waals surface area contributed by atoms with Crippen LogP contribution in [0, 0.1) is 0 Å². The average Bonchev–Trinajstić information content (AvgIpc) is 2.27. The van der Waals surface area contributed by atoms with Gasteiger partial charge in [0.25, 0.3) is 10.1 Å². The van der Waals surface area contributed by atoms with Gasteiger partial charge in [0.1, 0.15) is 0 Å². The van der Waals surface area contributed by atoms with E-state index in [0.29, 0.717) is 12.6 Å². The van der Waals surface area contributed by atoms with Crippen molar-refractivity contribution in [3.05, 3.63) is 0 Å². The van der Waals surface area contributed by atoms with Crippen LogP contribution in [-0.4, -0.2) is 56.5 Å². The summed E-state index contributed by atoms with van der Waals surface area (Å²) in [4.78, 5) is 2.10.